The first kappa shape index (κ1) is 16.2. The van der Waals surface area contributed by atoms with Crippen LogP contribution in [-0.2, 0) is 22.5 Å². The Kier molecular flexibility index (Phi) is 5.66. The lowest BCUT2D eigenvalue weighted by Crippen LogP contribution is -2.29. The average Bonchev–Trinajstić information content (AvgIpc) is 2.83. The third-order valence-electron chi connectivity index (χ3n) is 3.34. The largest absolute Gasteiger partial charge is 0.375 e. The van der Waals surface area contributed by atoms with E-state index in [9.17, 15) is 9.18 Å². The second kappa shape index (κ2) is 7.70. The van der Waals surface area contributed by atoms with Crippen molar-refractivity contribution in [2.75, 3.05) is 20.3 Å². The van der Waals surface area contributed by atoms with E-state index < -0.39 is 0 Å². The number of aryl methyl sites for hydroxylation is 1. The Labute approximate surface area is 129 Å². The molecule has 2 rings (SSSR count). The number of carbonyl (C=O) groups is 1. The molecule has 5 nitrogen and oxygen atoms in total. The SMILES string of the molecule is COCC(=O)NCCc1ncc(C)n1Cc1ccc(F)cc1. The van der Waals surface area contributed by atoms with Gasteiger partial charge in [0.2, 0.25) is 5.91 Å². The van der Waals surface area contributed by atoms with Crippen molar-refractivity contribution in [3.63, 3.8) is 0 Å². The molecular weight excluding hydrogens is 285 g/mol. The molecule has 1 aromatic carbocycles. The molecule has 0 aliphatic heterocycles. The second-order valence-corrected chi connectivity index (χ2v) is 5.06. The van der Waals surface area contributed by atoms with Crippen molar-refractivity contribution in [2.24, 2.45) is 0 Å². The first-order valence-corrected chi connectivity index (χ1v) is 7.11. The zero-order valence-corrected chi connectivity index (χ0v) is 12.8. The number of aromatic nitrogens is 2. The van der Waals surface area contributed by atoms with Gasteiger partial charge in [-0.25, -0.2) is 9.37 Å². The van der Waals surface area contributed by atoms with Gasteiger partial charge in [-0.1, -0.05) is 12.1 Å². The first-order valence-electron chi connectivity index (χ1n) is 7.11. The number of halogens is 1. The van der Waals surface area contributed by atoms with Gasteiger partial charge < -0.3 is 14.6 Å². The molecule has 118 valence electrons. The van der Waals surface area contributed by atoms with E-state index in [1.54, 1.807) is 18.3 Å². The zero-order valence-electron chi connectivity index (χ0n) is 12.8. The van der Waals surface area contributed by atoms with Crippen molar-refractivity contribution in [1.29, 1.82) is 0 Å². The number of benzene rings is 1. The predicted molar refractivity (Wildman–Crippen MR) is 81.1 cm³/mol. The van der Waals surface area contributed by atoms with E-state index in [1.165, 1.54) is 19.2 Å². The summed E-state index contributed by atoms with van der Waals surface area (Å²) in [7, 11) is 1.48. The number of methoxy groups -OCH3 is 1. The van der Waals surface area contributed by atoms with Crippen LogP contribution in [0.5, 0.6) is 0 Å². The molecule has 0 atom stereocenters. The highest BCUT2D eigenvalue weighted by atomic mass is 19.1. The summed E-state index contributed by atoms with van der Waals surface area (Å²) in [6.07, 6.45) is 2.43. The van der Waals surface area contributed by atoms with Gasteiger partial charge in [-0.3, -0.25) is 4.79 Å². The molecule has 0 radical (unpaired) electrons. The smallest absolute Gasteiger partial charge is 0.245 e. The molecule has 0 saturated carbocycles. The Morgan fingerprint density at radius 3 is 2.77 bits per heavy atom. The fourth-order valence-electron chi connectivity index (χ4n) is 2.19. The number of rotatable bonds is 7. The standard InChI is InChI=1S/C16H20FN3O2/c1-12-9-19-15(7-8-18-16(21)11-22-2)20(12)10-13-3-5-14(17)6-4-13/h3-6,9H,7-8,10-11H2,1-2H3,(H,18,21). The summed E-state index contributed by atoms with van der Waals surface area (Å²) in [5, 5.41) is 2.77. The minimum Gasteiger partial charge on any atom is -0.375 e. The number of nitrogens with one attached hydrogen (secondary N) is 1. The molecule has 0 bridgehead atoms. The van der Waals surface area contributed by atoms with Gasteiger partial charge in [-0.05, 0) is 24.6 Å². The maximum Gasteiger partial charge on any atom is 0.245 e. The average molecular weight is 305 g/mol. The van der Waals surface area contributed by atoms with Crippen LogP contribution in [0.4, 0.5) is 4.39 Å². The highest BCUT2D eigenvalue weighted by Gasteiger charge is 2.08. The van der Waals surface area contributed by atoms with Crippen LogP contribution in [0.15, 0.2) is 30.5 Å². The monoisotopic (exact) mass is 305 g/mol. The minimum atomic E-state index is -0.243. The number of ether oxygens (including phenoxy) is 1. The number of imidazole rings is 1. The van der Waals surface area contributed by atoms with E-state index in [-0.39, 0.29) is 18.3 Å². The van der Waals surface area contributed by atoms with Crippen LogP contribution in [0, 0.1) is 12.7 Å². The van der Waals surface area contributed by atoms with E-state index >= 15 is 0 Å². The van der Waals surface area contributed by atoms with Crippen LogP contribution in [0.25, 0.3) is 0 Å². The van der Waals surface area contributed by atoms with Crippen molar-refractivity contribution < 1.29 is 13.9 Å². The summed E-state index contributed by atoms with van der Waals surface area (Å²) in [4.78, 5) is 15.7. The Morgan fingerprint density at radius 2 is 2.09 bits per heavy atom. The summed E-state index contributed by atoms with van der Waals surface area (Å²) in [6, 6.07) is 6.43. The van der Waals surface area contributed by atoms with Gasteiger partial charge in [0, 0.05) is 38.5 Å². The normalized spacial score (nSPS) is 10.7. The summed E-state index contributed by atoms with van der Waals surface area (Å²) in [6.45, 7) is 3.17. The van der Waals surface area contributed by atoms with E-state index in [0.29, 0.717) is 19.5 Å². The molecule has 0 saturated heterocycles. The van der Waals surface area contributed by atoms with E-state index in [2.05, 4.69) is 14.9 Å². The van der Waals surface area contributed by atoms with Crippen LogP contribution >= 0.6 is 0 Å². The third-order valence-corrected chi connectivity index (χ3v) is 3.34. The molecule has 1 N–H and O–H groups in total. The maximum atomic E-state index is 13.0. The second-order valence-electron chi connectivity index (χ2n) is 5.06. The Balaban J connectivity index is 1.98. The number of nitrogens with zero attached hydrogens (tertiary/aromatic N) is 2. The summed E-state index contributed by atoms with van der Waals surface area (Å²) in [5.41, 5.74) is 2.04. The quantitative estimate of drug-likeness (QED) is 0.847. The van der Waals surface area contributed by atoms with Crippen molar-refractivity contribution in [2.45, 2.75) is 19.9 Å². The fraction of sp³-hybridized carbons (Fsp3) is 0.375. The number of hydrogen-bond donors (Lipinski definition) is 1. The molecule has 0 aliphatic rings. The highest BCUT2D eigenvalue weighted by molar-refractivity contribution is 5.77. The summed E-state index contributed by atoms with van der Waals surface area (Å²) >= 11 is 0. The van der Waals surface area contributed by atoms with Crippen molar-refractivity contribution in [3.05, 3.63) is 53.4 Å². The number of amides is 1. The fourth-order valence-corrected chi connectivity index (χ4v) is 2.19. The molecule has 0 aliphatic carbocycles. The van der Waals surface area contributed by atoms with Gasteiger partial charge in [0.15, 0.2) is 0 Å². The molecule has 1 amide bonds. The molecule has 1 aromatic heterocycles. The molecule has 6 heteroatoms. The topological polar surface area (TPSA) is 56.1 Å². The summed E-state index contributed by atoms with van der Waals surface area (Å²) < 4.78 is 19.8. The lowest BCUT2D eigenvalue weighted by molar-refractivity contribution is -0.124. The van der Waals surface area contributed by atoms with Crippen LogP contribution < -0.4 is 5.32 Å². The van der Waals surface area contributed by atoms with Crippen LogP contribution in [-0.4, -0.2) is 35.7 Å². The Hall–Kier alpha value is -2.21. The lowest BCUT2D eigenvalue weighted by atomic mass is 10.2. The molecule has 0 fully saturated rings. The maximum absolute atomic E-state index is 13.0. The zero-order chi connectivity index (χ0) is 15.9. The van der Waals surface area contributed by atoms with Crippen molar-refractivity contribution in [3.8, 4) is 0 Å². The van der Waals surface area contributed by atoms with Crippen LogP contribution in [0.2, 0.25) is 0 Å². The number of carbonyl (C=O) groups excluding carboxylic acids is 1. The third kappa shape index (κ3) is 4.39. The highest BCUT2D eigenvalue weighted by Crippen LogP contribution is 2.11. The van der Waals surface area contributed by atoms with Gasteiger partial charge in [0.25, 0.3) is 0 Å². The molecule has 1 heterocycles. The molecule has 0 spiro atoms. The summed E-state index contributed by atoms with van der Waals surface area (Å²) in [5.74, 6) is 0.502. The predicted octanol–water partition coefficient (Wildman–Crippen LogP) is 1.68. The van der Waals surface area contributed by atoms with Crippen molar-refractivity contribution in [1.82, 2.24) is 14.9 Å². The Bertz CT molecular complexity index is 623. The van der Waals surface area contributed by atoms with Gasteiger partial charge in [0.1, 0.15) is 18.2 Å². The minimum absolute atomic E-state index is 0.0586. The lowest BCUT2D eigenvalue weighted by Gasteiger charge is -2.11. The number of hydrogen-bond acceptors (Lipinski definition) is 3. The van der Waals surface area contributed by atoms with Crippen LogP contribution in [0.1, 0.15) is 17.1 Å². The van der Waals surface area contributed by atoms with Gasteiger partial charge in [-0.2, -0.15) is 0 Å². The van der Waals surface area contributed by atoms with E-state index in [4.69, 9.17) is 4.74 Å². The van der Waals surface area contributed by atoms with Gasteiger partial charge >= 0.3 is 0 Å². The first-order chi connectivity index (χ1) is 10.6. The Morgan fingerprint density at radius 1 is 1.36 bits per heavy atom. The molecule has 2 aromatic rings. The van der Waals surface area contributed by atoms with E-state index in [0.717, 1.165) is 17.1 Å². The van der Waals surface area contributed by atoms with Gasteiger partial charge in [0.05, 0.1) is 0 Å². The molecular formula is C16H20FN3O2. The van der Waals surface area contributed by atoms with Gasteiger partial charge in [-0.15, -0.1) is 0 Å². The molecule has 22 heavy (non-hydrogen) atoms. The van der Waals surface area contributed by atoms with E-state index in [1.807, 2.05) is 6.92 Å². The molecule has 0 unspecified atom stereocenters. The van der Waals surface area contributed by atoms with Crippen molar-refractivity contribution >= 4 is 5.91 Å². The van der Waals surface area contributed by atoms with Crippen LogP contribution in [0.3, 0.4) is 0 Å².